The number of carbonyl (C=O) groups is 1. The Bertz CT molecular complexity index is 630. The normalized spacial score (nSPS) is 20.4. The van der Waals surface area contributed by atoms with Crippen molar-refractivity contribution >= 4 is 44.1 Å². The second-order valence-electron chi connectivity index (χ2n) is 7.15. The average Bonchev–Trinajstić information content (AvgIpc) is 2.86. The maximum Gasteiger partial charge on any atom is 0.410 e. The minimum absolute atomic E-state index is 0.176. The van der Waals surface area contributed by atoms with E-state index in [1.807, 2.05) is 35.5 Å². The predicted molar refractivity (Wildman–Crippen MR) is 93.0 cm³/mol. The van der Waals surface area contributed by atoms with Crippen molar-refractivity contribution in [3.8, 4) is 0 Å². The highest BCUT2D eigenvalue weighted by Gasteiger charge is 2.45. The fourth-order valence-electron chi connectivity index (χ4n) is 3.27. The van der Waals surface area contributed by atoms with Crippen LogP contribution >= 0.6 is 22.9 Å². The molecule has 7 heteroatoms. The summed E-state index contributed by atoms with van der Waals surface area (Å²) >= 11 is 7.61. The number of nitrogens with zero attached hydrogens (tertiary/aromatic N) is 2. The molecule has 1 saturated heterocycles. The zero-order valence-corrected chi connectivity index (χ0v) is 16.2. The highest BCUT2D eigenvalue weighted by Crippen LogP contribution is 2.46. The van der Waals surface area contributed by atoms with Gasteiger partial charge in [0.1, 0.15) is 5.60 Å². The van der Waals surface area contributed by atoms with Gasteiger partial charge in [0, 0.05) is 24.9 Å². The largest absolute Gasteiger partial charge is 0.444 e. The van der Waals surface area contributed by atoms with Crippen molar-refractivity contribution in [2.45, 2.75) is 45.6 Å². The van der Waals surface area contributed by atoms with Gasteiger partial charge in [-0.05, 0) is 48.6 Å². The molecule has 1 amide bonds. The summed E-state index contributed by atoms with van der Waals surface area (Å²) in [6.07, 6.45) is 2.72. The fourth-order valence-corrected chi connectivity index (χ4v) is 5.40. The van der Waals surface area contributed by atoms with Crippen molar-refractivity contribution in [1.29, 1.82) is 0 Å². The molecule has 0 radical (unpaired) electrons. The van der Waals surface area contributed by atoms with Crippen molar-refractivity contribution in [2.24, 2.45) is 5.41 Å². The molecule has 22 heavy (non-hydrogen) atoms. The lowest BCUT2D eigenvalue weighted by atomic mass is 9.76. The first-order chi connectivity index (χ1) is 10.2. The van der Waals surface area contributed by atoms with Crippen LogP contribution in [0.2, 0.25) is 4.47 Å². The first kappa shape index (κ1) is 16.1. The fraction of sp³-hybridized carbons (Fsp3) is 0.667. The highest BCUT2D eigenvalue weighted by molar-refractivity contribution is 7.18. The maximum absolute atomic E-state index is 12.2. The molecular formula is C15H21ClN2O2SSi. The summed E-state index contributed by atoms with van der Waals surface area (Å²) in [6, 6.07) is 0. The standard InChI is InChI=1S/C15H21ClN2O2SSi/c1-14(2,3)20-13(19)18-6-4-15(5-7-18)8-9-10(11(15)22)21-12(16)17-9/h4-8,22H2,1-3H3. The maximum atomic E-state index is 12.2. The smallest absolute Gasteiger partial charge is 0.410 e. The zero-order chi connectivity index (χ0) is 16.1. The lowest BCUT2D eigenvalue weighted by Gasteiger charge is -2.40. The Kier molecular flexibility index (Phi) is 3.98. The molecular weight excluding hydrogens is 336 g/mol. The van der Waals surface area contributed by atoms with E-state index in [0.29, 0.717) is 4.47 Å². The summed E-state index contributed by atoms with van der Waals surface area (Å²) in [5, 5.41) is 1.43. The van der Waals surface area contributed by atoms with Gasteiger partial charge in [0.2, 0.25) is 0 Å². The van der Waals surface area contributed by atoms with Crippen LogP contribution in [0.1, 0.15) is 44.2 Å². The van der Waals surface area contributed by atoms with E-state index in [-0.39, 0.29) is 11.5 Å². The first-order valence-corrected chi connectivity index (χ1v) is 9.43. The number of rotatable bonds is 0. The van der Waals surface area contributed by atoms with Gasteiger partial charge in [0.15, 0.2) is 4.47 Å². The lowest BCUT2D eigenvalue weighted by Crippen LogP contribution is -2.47. The van der Waals surface area contributed by atoms with Gasteiger partial charge in [-0.1, -0.05) is 11.6 Å². The Balaban J connectivity index is 1.67. The van der Waals surface area contributed by atoms with Crippen molar-refractivity contribution in [1.82, 2.24) is 9.88 Å². The zero-order valence-electron chi connectivity index (χ0n) is 13.2. The quantitative estimate of drug-likeness (QED) is 0.671. The molecule has 1 aliphatic heterocycles. The van der Waals surface area contributed by atoms with Gasteiger partial charge in [-0.15, -0.1) is 11.3 Å². The van der Waals surface area contributed by atoms with Gasteiger partial charge < -0.3 is 9.64 Å². The minimum atomic E-state index is -0.437. The lowest BCUT2D eigenvalue weighted by molar-refractivity contribution is 0.0160. The van der Waals surface area contributed by atoms with Crippen molar-refractivity contribution in [2.75, 3.05) is 13.1 Å². The second kappa shape index (κ2) is 5.42. The van der Waals surface area contributed by atoms with Crippen LogP contribution in [0.5, 0.6) is 0 Å². The summed E-state index contributed by atoms with van der Waals surface area (Å²) in [4.78, 5) is 19.7. The van der Waals surface area contributed by atoms with Crippen LogP contribution < -0.4 is 0 Å². The number of aromatic nitrogens is 1. The third-order valence-electron chi connectivity index (χ3n) is 4.46. The number of amides is 1. The molecule has 0 bridgehead atoms. The molecule has 0 N–H and O–H groups in total. The van der Waals surface area contributed by atoms with Crippen molar-refractivity contribution in [3.63, 3.8) is 0 Å². The predicted octanol–water partition coefficient (Wildman–Crippen LogP) is 2.52. The topological polar surface area (TPSA) is 42.4 Å². The second-order valence-corrected chi connectivity index (χ2v) is 9.43. The molecule has 1 spiro atoms. The van der Waals surface area contributed by atoms with E-state index in [0.717, 1.165) is 38.0 Å². The molecule has 0 aromatic carbocycles. The Morgan fingerprint density at radius 3 is 2.59 bits per heavy atom. The summed E-state index contributed by atoms with van der Waals surface area (Å²) in [5.41, 5.74) is 0.884. The number of piperidine rings is 1. The molecule has 1 aliphatic carbocycles. The molecule has 4 nitrogen and oxygen atoms in total. The van der Waals surface area contributed by atoms with Crippen LogP contribution in [0.4, 0.5) is 4.79 Å². The van der Waals surface area contributed by atoms with Crippen LogP contribution in [0.3, 0.4) is 0 Å². The highest BCUT2D eigenvalue weighted by atomic mass is 35.5. The monoisotopic (exact) mass is 356 g/mol. The molecule has 0 atom stereocenters. The SMILES string of the molecule is CC(C)(C)OC(=O)N1CCC2(CC1)Cc1nc(Cl)sc1C2=[SiH2]. The van der Waals surface area contributed by atoms with Gasteiger partial charge >= 0.3 is 6.09 Å². The molecule has 0 unspecified atom stereocenters. The number of halogens is 1. The molecule has 1 fully saturated rings. The van der Waals surface area contributed by atoms with E-state index >= 15 is 0 Å². The van der Waals surface area contributed by atoms with Crippen LogP contribution in [-0.2, 0) is 11.2 Å². The number of fused-ring (bicyclic) bond motifs is 1. The van der Waals surface area contributed by atoms with Crippen LogP contribution in [-0.4, -0.2) is 49.7 Å². The van der Waals surface area contributed by atoms with Gasteiger partial charge in [0.25, 0.3) is 0 Å². The minimum Gasteiger partial charge on any atom is -0.444 e. The summed E-state index contributed by atoms with van der Waals surface area (Å²) in [6.45, 7) is 7.21. The van der Waals surface area contributed by atoms with E-state index in [1.54, 1.807) is 11.3 Å². The Hall–Kier alpha value is -0.723. The summed E-state index contributed by atoms with van der Waals surface area (Å²) in [5.74, 6) is 0. The molecule has 2 heterocycles. The van der Waals surface area contributed by atoms with Gasteiger partial charge in [-0.3, -0.25) is 0 Å². The van der Waals surface area contributed by atoms with Crippen LogP contribution in [0.15, 0.2) is 0 Å². The van der Waals surface area contributed by atoms with E-state index < -0.39 is 5.60 Å². The number of thiazole rings is 1. The number of likely N-dealkylation sites (tertiary alicyclic amines) is 1. The Morgan fingerprint density at radius 2 is 2.05 bits per heavy atom. The van der Waals surface area contributed by atoms with Crippen LogP contribution in [0, 0.1) is 5.41 Å². The van der Waals surface area contributed by atoms with Crippen molar-refractivity contribution in [3.05, 3.63) is 15.0 Å². The average molecular weight is 357 g/mol. The van der Waals surface area contributed by atoms with Gasteiger partial charge in [-0.25, -0.2) is 9.78 Å². The van der Waals surface area contributed by atoms with E-state index in [9.17, 15) is 4.79 Å². The number of ether oxygens (including phenoxy) is 1. The van der Waals surface area contributed by atoms with E-state index in [4.69, 9.17) is 16.3 Å². The molecule has 0 saturated carbocycles. The first-order valence-electron chi connectivity index (χ1n) is 7.53. The van der Waals surface area contributed by atoms with E-state index in [2.05, 4.69) is 4.98 Å². The molecule has 3 rings (SSSR count). The third kappa shape index (κ3) is 2.88. The number of carbonyl (C=O) groups excluding carboxylic acids is 1. The van der Waals surface area contributed by atoms with E-state index in [1.165, 1.54) is 10.0 Å². The van der Waals surface area contributed by atoms with Gasteiger partial charge in [0.05, 0.1) is 10.6 Å². The third-order valence-corrected chi connectivity index (χ3v) is 7.09. The number of hydrogen-bond acceptors (Lipinski definition) is 4. The Labute approximate surface area is 142 Å². The molecule has 2 aliphatic rings. The van der Waals surface area contributed by atoms with Crippen LogP contribution in [0.25, 0.3) is 0 Å². The summed E-state index contributed by atoms with van der Waals surface area (Å²) in [7, 11) is 1.97. The van der Waals surface area contributed by atoms with Crippen molar-refractivity contribution < 1.29 is 9.53 Å². The number of hydrogen-bond donors (Lipinski definition) is 0. The molecule has 1 aromatic heterocycles. The molecule has 1 aromatic rings. The molecule has 120 valence electrons. The summed E-state index contributed by atoms with van der Waals surface area (Å²) < 4.78 is 6.11. The van der Waals surface area contributed by atoms with Gasteiger partial charge in [-0.2, -0.15) is 0 Å². The Morgan fingerprint density at radius 1 is 1.41 bits per heavy atom.